The highest BCUT2D eigenvalue weighted by molar-refractivity contribution is 5.61. The van der Waals surface area contributed by atoms with Crippen molar-refractivity contribution in [2.45, 2.75) is 25.8 Å². The molecule has 0 saturated carbocycles. The van der Waals surface area contributed by atoms with Gasteiger partial charge in [-0.1, -0.05) is 0 Å². The minimum atomic E-state index is 0.214. The van der Waals surface area contributed by atoms with Gasteiger partial charge < -0.3 is 14.2 Å². The highest BCUT2D eigenvalue weighted by atomic mass is 16.7. The number of aromatic nitrogens is 2. The Morgan fingerprint density at radius 3 is 3.00 bits per heavy atom. The van der Waals surface area contributed by atoms with Gasteiger partial charge in [-0.15, -0.1) is 0 Å². The Labute approximate surface area is 135 Å². The third kappa shape index (κ3) is 2.34. The standard InChI is InChI=1S/C17H21N3O3/c1-10-6-12(19-18-10)8-13-15-11(4-5-20(13)2)7-14-16(17(15)21-3)23-9-22-14/h6-7,13H,4-5,8-9H2,1-3H3,(H,18,19)/t13-/m0/s1. The van der Waals surface area contributed by atoms with Crippen LogP contribution in [0.25, 0.3) is 0 Å². The molecule has 2 aliphatic rings. The van der Waals surface area contributed by atoms with Gasteiger partial charge >= 0.3 is 0 Å². The lowest BCUT2D eigenvalue weighted by atomic mass is 9.88. The van der Waals surface area contributed by atoms with Crippen LogP contribution in [-0.4, -0.2) is 42.6 Å². The van der Waals surface area contributed by atoms with Crippen LogP contribution in [0.1, 0.15) is 28.6 Å². The number of aryl methyl sites for hydroxylation is 1. The molecule has 3 heterocycles. The summed E-state index contributed by atoms with van der Waals surface area (Å²) < 4.78 is 16.9. The number of fused-ring (bicyclic) bond motifs is 2. The lowest BCUT2D eigenvalue weighted by molar-refractivity contribution is 0.170. The Kier molecular flexibility index (Phi) is 3.41. The number of nitrogens with zero attached hydrogens (tertiary/aromatic N) is 2. The summed E-state index contributed by atoms with van der Waals surface area (Å²) in [6, 6.07) is 4.42. The maximum Gasteiger partial charge on any atom is 0.231 e. The normalized spacial score (nSPS) is 19.7. The Bertz CT molecular complexity index is 741. The van der Waals surface area contributed by atoms with Gasteiger partial charge in [-0.3, -0.25) is 10.00 Å². The predicted octanol–water partition coefficient (Wildman–Crippen LogP) is 2.23. The van der Waals surface area contributed by atoms with Crippen molar-refractivity contribution in [1.82, 2.24) is 15.1 Å². The summed E-state index contributed by atoms with van der Waals surface area (Å²) in [4.78, 5) is 2.36. The minimum absolute atomic E-state index is 0.214. The fraction of sp³-hybridized carbons (Fsp3) is 0.471. The number of hydrogen-bond acceptors (Lipinski definition) is 5. The van der Waals surface area contributed by atoms with Gasteiger partial charge in [-0.25, -0.2) is 0 Å². The van der Waals surface area contributed by atoms with E-state index in [1.807, 2.05) is 6.92 Å². The summed E-state index contributed by atoms with van der Waals surface area (Å²) in [6.07, 6.45) is 1.82. The number of likely N-dealkylation sites (N-methyl/N-ethyl adjacent to an activating group) is 1. The first-order valence-electron chi connectivity index (χ1n) is 7.88. The molecule has 1 aromatic carbocycles. The zero-order valence-corrected chi connectivity index (χ0v) is 13.7. The summed E-state index contributed by atoms with van der Waals surface area (Å²) in [7, 11) is 3.85. The van der Waals surface area contributed by atoms with Gasteiger partial charge in [-0.05, 0) is 38.1 Å². The van der Waals surface area contributed by atoms with Crippen LogP contribution in [0.15, 0.2) is 12.1 Å². The summed E-state index contributed by atoms with van der Waals surface area (Å²) in [5, 5.41) is 7.42. The van der Waals surface area contributed by atoms with Gasteiger partial charge in [0.2, 0.25) is 12.5 Å². The molecule has 0 aliphatic carbocycles. The van der Waals surface area contributed by atoms with Crippen LogP contribution in [0.4, 0.5) is 0 Å². The fourth-order valence-electron chi connectivity index (χ4n) is 3.56. The third-order valence-corrected chi connectivity index (χ3v) is 4.71. The van der Waals surface area contributed by atoms with Crippen molar-refractivity contribution in [3.8, 4) is 17.2 Å². The molecule has 0 amide bonds. The molecule has 6 heteroatoms. The van der Waals surface area contributed by atoms with Crippen LogP contribution in [0.2, 0.25) is 0 Å². The van der Waals surface area contributed by atoms with E-state index in [4.69, 9.17) is 14.2 Å². The van der Waals surface area contributed by atoms with E-state index in [1.54, 1.807) is 7.11 Å². The number of nitrogens with one attached hydrogen (secondary N) is 1. The molecule has 23 heavy (non-hydrogen) atoms. The predicted molar refractivity (Wildman–Crippen MR) is 85.2 cm³/mol. The van der Waals surface area contributed by atoms with E-state index in [2.05, 4.69) is 34.3 Å². The average Bonchev–Trinajstić information content (AvgIpc) is 3.16. The van der Waals surface area contributed by atoms with Crippen molar-refractivity contribution in [3.05, 3.63) is 34.6 Å². The van der Waals surface area contributed by atoms with Gasteiger partial charge in [0.1, 0.15) is 0 Å². The van der Waals surface area contributed by atoms with Crippen molar-refractivity contribution in [1.29, 1.82) is 0 Å². The molecule has 1 aromatic heterocycles. The molecule has 122 valence electrons. The number of ether oxygens (including phenoxy) is 3. The molecule has 2 aromatic rings. The first-order valence-corrected chi connectivity index (χ1v) is 7.88. The topological polar surface area (TPSA) is 59.6 Å². The summed E-state index contributed by atoms with van der Waals surface area (Å²) in [5.74, 6) is 2.32. The number of benzene rings is 1. The Morgan fingerprint density at radius 1 is 1.39 bits per heavy atom. The Hall–Kier alpha value is -2.21. The molecule has 6 nitrogen and oxygen atoms in total. The first-order chi connectivity index (χ1) is 11.2. The molecule has 4 rings (SSSR count). The monoisotopic (exact) mass is 315 g/mol. The molecule has 0 unspecified atom stereocenters. The second-order valence-electron chi connectivity index (χ2n) is 6.21. The Balaban J connectivity index is 1.80. The van der Waals surface area contributed by atoms with E-state index in [9.17, 15) is 0 Å². The van der Waals surface area contributed by atoms with Crippen molar-refractivity contribution in [3.63, 3.8) is 0 Å². The van der Waals surface area contributed by atoms with E-state index in [-0.39, 0.29) is 12.8 Å². The van der Waals surface area contributed by atoms with Crippen LogP contribution in [-0.2, 0) is 12.8 Å². The lowest BCUT2D eigenvalue weighted by Gasteiger charge is -2.35. The van der Waals surface area contributed by atoms with Crippen molar-refractivity contribution < 1.29 is 14.2 Å². The molecule has 0 saturated heterocycles. The molecule has 2 aliphatic heterocycles. The molecule has 0 spiro atoms. The maximum absolute atomic E-state index is 5.72. The van der Waals surface area contributed by atoms with Crippen molar-refractivity contribution in [2.75, 3.05) is 27.5 Å². The first kappa shape index (κ1) is 14.4. The number of aromatic amines is 1. The smallest absolute Gasteiger partial charge is 0.231 e. The van der Waals surface area contributed by atoms with Gasteiger partial charge in [0.15, 0.2) is 11.5 Å². The van der Waals surface area contributed by atoms with E-state index in [0.29, 0.717) is 0 Å². The van der Waals surface area contributed by atoms with Gasteiger partial charge in [0.25, 0.3) is 0 Å². The molecule has 0 fully saturated rings. The van der Waals surface area contributed by atoms with Crippen LogP contribution >= 0.6 is 0 Å². The highest BCUT2D eigenvalue weighted by Gasteiger charge is 2.34. The number of hydrogen-bond donors (Lipinski definition) is 1. The molecular formula is C17H21N3O3. The number of rotatable bonds is 3. The summed E-state index contributed by atoms with van der Waals surface area (Å²) in [6.45, 7) is 3.28. The fourth-order valence-corrected chi connectivity index (χ4v) is 3.56. The largest absolute Gasteiger partial charge is 0.492 e. The minimum Gasteiger partial charge on any atom is -0.492 e. The molecule has 1 N–H and O–H groups in total. The second kappa shape index (κ2) is 5.45. The third-order valence-electron chi connectivity index (χ3n) is 4.71. The van der Waals surface area contributed by atoms with E-state index >= 15 is 0 Å². The SMILES string of the molecule is COc1c2c(cc3c1[C@H](Cc1cc(C)[nH]n1)N(C)CC3)OCO2. The summed E-state index contributed by atoms with van der Waals surface area (Å²) in [5.41, 5.74) is 4.62. The van der Waals surface area contributed by atoms with Crippen molar-refractivity contribution >= 4 is 0 Å². The van der Waals surface area contributed by atoms with Crippen LogP contribution in [0, 0.1) is 6.92 Å². The average molecular weight is 315 g/mol. The van der Waals surface area contributed by atoms with Crippen LogP contribution < -0.4 is 14.2 Å². The van der Waals surface area contributed by atoms with Crippen LogP contribution in [0.5, 0.6) is 17.2 Å². The number of H-pyrrole nitrogens is 1. The zero-order chi connectivity index (χ0) is 16.0. The Morgan fingerprint density at radius 2 is 2.26 bits per heavy atom. The molecular weight excluding hydrogens is 294 g/mol. The highest BCUT2D eigenvalue weighted by Crippen LogP contribution is 2.49. The lowest BCUT2D eigenvalue weighted by Crippen LogP contribution is -2.34. The number of methoxy groups -OCH3 is 1. The molecule has 0 radical (unpaired) electrons. The molecule has 0 bridgehead atoms. The summed E-state index contributed by atoms with van der Waals surface area (Å²) >= 11 is 0. The maximum atomic E-state index is 5.72. The van der Waals surface area contributed by atoms with E-state index in [1.165, 1.54) is 11.1 Å². The second-order valence-corrected chi connectivity index (χ2v) is 6.21. The quantitative estimate of drug-likeness (QED) is 0.941. The zero-order valence-electron chi connectivity index (χ0n) is 13.7. The van der Waals surface area contributed by atoms with Crippen molar-refractivity contribution in [2.24, 2.45) is 0 Å². The molecule has 1 atom stereocenters. The van der Waals surface area contributed by atoms with Gasteiger partial charge in [0, 0.05) is 30.3 Å². The van der Waals surface area contributed by atoms with Gasteiger partial charge in [-0.2, -0.15) is 5.10 Å². The van der Waals surface area contributed by atoms with Gasteiger partial charge in [0.05, 0.1) is 12.8 Å². The van der Waals surface area contributed by atoms with E-state index < -0.39 is 0 Å². The van der Waals surface area contributed by atoms with E-state index in [0.717, 1.165) is 48.0 Å². The van der Waals surface area contributed by atoms with Crippen LogP contribution in [0.3, 0.4) is 0 Å².